The van der Waals surface area contributed by atoms with Crippen molar-refractivity contribution in [3.05, 3.63) is 0 Å². The van der Waals surface area contributed by atoms with Crippen LogP contribution in [0.2, 0.25) is 0 Å². The van der Waals surface area contributed by atoms with E-state index < -0.39 is 35.4 Å². The number of aliphatic carboxylic acids is 1. The molecule has 0 aromatic carbocycles. The van der Waals surface area contributed by atoms with Gasteiger partial charge in [-0.3, -0.25) is 9.59 Å². The van der Waals surface area contributed by atoms with Crippen LogP contribution in [-0.2, 0) is 9.59 Å². The van der Waals surface area contributed by atoms with Gasteiger partial charge in [0.2, 0.25) is 5.91 Å². The van der Waals surface area contributed by atoms with Crippen molar-refractivity contribution in [1.29, 1.82) is 0 Å². The summed E-state index contributed by atoms with van der Waals surface area (Å²) in [5.41, 5.74) is -1.38. The van der Waals surface area contributed by atoms with Gasteiger partial charge < -0.3 is 10.4 Å². The van der Waals surface area contributed by atoms with Crippen molar-refractivity contribution in [2.45, 2.75) is 50.7 Å². The highest BCUT2D eigenvalue weighted by Crippen LogP contribution is 2.46. The molecule has 2 saturated carbocycles. The highest BCUT2D eigenvalue weighted by molar-refractivity contribution is 6.04. The predicted octanol–water partition coefficient (Wildman–Crippen LogP) is 2.09. The second-order valence-corrected chi connectivity index (χ2v) is 5.46. The van der Waals surface area contributed by atoms with E-state index in [1.807, 2.05) is 0 Å². The molecule has 0 radical (unpaired) electrons. The van der Waals surface area contributed by atoms with Crippen molar-refractivity contribution in [1.82, 2.24) is 5.32 Å². The zero-order valence-corrected chi connectivity index (χ0v) is 10.3. The lowest BCUT2D eigenvalue weighted by molar-refractivity contribution is -0.184. The van der Waals surface area contributed by atoms with E-state index >= 15 is 0 Å². The molecular formula is C12H16F3NO3. The zero-order valence-electron chi connectivity index (χ0n) is 10.3. The molecule has 2 atom stereocenters. The summed E-state index contributed by atoms with van der Waals surface area (Å²) in [5, 5.41) is 11.4. The number of hydrogen-bond acceptors (Lipinski definition) is 2. The number of nitrogens with one attached hydrogen (secondary N) is 1. The van der Waals surface area contributed by atoms with Gasteiger partial charge in [0.15, 0.2) is 0 Å². The Hall–Kier alpha value is -1.27. The first kappa shape index (κ1) is 14.1. The summed E-state index contributed by atoms with van der Waals surface area (Å²) >= 11 is 0. The molecule has 19 heavy (non-hydrogen) atoms. The van der Waals surface area contributed by atoms with Gasteiger partial charge >= 0.3 is 12.1 Å². The monoisotopic (exact) mass is 279 g/mol. The average Bonchev–Trinajstić information content (AvgIpc) is 3.09. The van der Waals surface area contributed by atoms with Gasteiger partial charge in [0, 0.05) is 6.04 Å². The second kappa shape index (κ2) is 4.68. The molecule has 0 spiro atoms. The Bertz CT molecular complexity index is 390. The summed E-state index contributed by atoms with van der Waals surface area (Å²) in [4.78, 5) is 22.8. The van der Waals surface area contributed by atoms with E-state index in [-0.39, 0.29) is 25.7 Å². The van der Waals surface area contributed by atoms with Crippen LogP contribution in [0.15, 0.2) is 0 Å². The summed E-state index contributed by atoms with van der Waals surface area (Å²) < 4.78 is 37.9. The quantitative estimate of drug-likeness (QED) is 0.777. The molecule has 2 aliphatic carbocycles. The summed E-state index contributed by atoms with van der Waals surface area (Å²) in [7, 11) is 0. The van der Waals surface area contributed by atoms with Crippen molar-refractivity contribution in [2.75, 3.05) is 0 Å². The SMILES string of the molecule is O=C(O)C1(C(=O)N[C@@H]2CCC[C@@H](C(F)(F)F)C2)CC1. The average molecular weight is 279 g/mol. The van der Waals surface area contributed by atoms with Crippen LogP contribution in [0.5, 0.6) is 0 Å². The lowest BCUT2D eigenvalue weighted by atomic mass is 9.85. The van der Waals surface area contributed by atoms with Crippen molar-refractivity contribution in [2.24, 2.45) is 11.3 Å². The topological polar surface area (TPSA) is 66.4 Å². The number of carbonyl (C=O) groups excluding carboxylic acids is 1. The molecule has 0 aromatic heterocycles. The highest BCUT2D eigenvalue weighted by atomic mass is 19.4. The standard InChI is InChI=1S/C12H16F3NO3/c13-12(14,15)7-2-1-3-8(6-7)16-9(17)11(4-5-11)10(18)19/h7-8H,1-6H2,(H,16,17)(H,18,19)/t7-,8-/m1/s1. The number of carbonyl (C=O) groups is 2. The van der Waals surface area contributed by atoms with Crippen LogP contribution in [-0.4, -0.2) is 29.2 Å². The Kier molecular flexibility index (Phi) is 3.49. The normalized spacial score (nSPS) is 29.6. The van der Waals surface area contributed by atoms with Crippen molar-refractivity contribution in [3.63, 3.8) is 0 Å². The van der Waals surface area contributed by atoms with Crippen LogP contribution < -0.4 is 5.32 Å². The number of alkyl halides is 3. The molecule has 7 heteroatoms. The van der Waals surface area contributed by atoms with Crippen molar-refractivity contribution in [3.8, 4) is 0 Å². The Morgan fingerprint density at radius 2 is 1.84 bits per heavy atom. The largest absolute Gasteiger partial charge is 0.480 e. The Morgan fingerprint density at radius 1 is 1.21 bits per heavy atom. The van der Waals surface area contributed by atoms with Crippen LogP contribution in [0.1, 0.15) is 38.5 Å². The molecule has 0 heterocycles. The first-order chi connectivity index (χ1) is 8.75. The van der Waals surface area contributed by atoms with E-state index in [1.54, 1.807) is 0 Å². The van der Waals surface area contributed by atoms with E-state index in [0.29, 0.717) is 12.8 Å². The third kappa shape index (κ3) is 2.84. The van der Waals surface area contributed by atoms with E-state index in [1.165, 1.54) is 0 Å². The van der Waals surface area contributed by atoms with E-state index in [9.17, 15) is 22.8 Å². The summed E-state index contributed by atoms with van der Waals surface area (Å²) in [6.45, 7) is 0. The Labute approximate surface area is 108 Å². The number of halogens is 3. The van der Waals surface area contributed by atoms with Gasteiger partial charge in [0.1, 0.15) is 5.41 Å². The molecule has 2 rings (SSSR count). The van der Waals surface area contributed by atoms with Crippen molar-refractivity contribution < 1.29 is 27.9 Å². The van der Waals surface area contributed by atoms with Gasteiger partial charge in [-0.1, -0.05) is 6.42 Å². The van der Waals surface area contributed by atoms with Gasteiger partial charge in [0.25, 0.3) is 0 Å². The first-order valence-corrected chi connectivity index (χ1v) is 6.37. The Morgan fingerprint density at radius 3 is 2.32 bits per heavy atom. The molecule has 2 fully saturated rings. The molecule has 4 nitrogen and oxygen atoms in total. The zero-order chi connectivity index (χ0) is 14.3. The highest BCUT2D eigenvalue weighted by Gasteiger charge is 2.57. The van der Waals surface area contributed by atoms with Crippen molar-refractivity contribution >= 4 is 11.9 Å². The lowest BCUT2D eigenvalue weighted by Crippen LogP contribution is -2.46. The number of carboxylic acid groups (broad SMARTS) is 1. The van der Waals surface area contributed by atoms with Gasteiger partial charge in [-0.25, -0.2) is 0 Å². The fourth-order valence-electron chi connectivity index (χ4n) is 2.60. The maximum absolute atomic E-state index is 12.6. The lowest BCUT2D eigenvalue weighted by Gasteiger charge is -2.31. The molecule has 0 saturated heterocycles. The van der Waals surface area contributed by atoms with Gasteiger partial charge in [-0.2, -0.15) is 13.2 Å². The molecule has 1 amide bonds. The second-order valence-electron chi connectivity index (χ2n) is 5.46. The van der Waals surface area contributed by atoms with Gasteiger partial charge in [0.05, 0.1) is 5.92 Å². The smallest absolute Gasteiger partial charge is 0.391 e. The van der Waals surface area contributed by atoms with Crippen LogP contribution >= 0.6 is 0 Å². The maximum atomic E-state index is 12.6. The fourth-order valence-corrected chi connectivity index (χ4v) is 2.60. The van der Waals surface area contributed by atoms with Crippen LogP contribution in [0.4, 0.5) is 13.2 Å². The third-order valence-electron chi connectivity index (χ3n) is 4.07. The molecule has 108 valence electrons. The minimum atomic E-state index is -4.24. The Balaban J connectivity index is 1.93. The van der Waals surface area contributed by atoms with E-state index in [4.69, 9.17) is 5.11 Å². The summed E-state index contributed by atoms with van der Waals surface area (Å²) in [6.07, 6.45) is -2.89. The maximum Gasteiger partial charge on any atom is 0.391 e. The molecule has 2 aliphatic rings. The van der Waals surface area contributed by atoms with E-state index in [0.717, 1.165) is 0 Å². The van der Waals surface area contributed by atoms with Gasteiger partial charge in [-0.05, 0) is 32.1 Å². The van der Waals surface area contributed by atoms with Crippen LogP contribution in [0, 0.1) is 11.3 Å². The molecular weight excluding hydrogens is 263 g/mol. The van der Waals surface area contributed by atoms with Crippen LogP contribution in [0.25, 0.3) is 0 Å². The first-order valence-electron chi connectivity index (χ1n) is 6.37. The number of carboxylic acids is 1. The summed E-state index contributed by atoms with van der Waals surface area (Å²) in [6, 6.07) is -0.565. The number of amides is 1. The summed E-state index contributed by atoms with van der Waals surface area (Å²) in [5.74, 6) is -3.22. The third-order valence-corrected chi connectivity index (χ3v) is 4.07. The molecule has 0 aromatic rings. The minimum absolute atomic E-state index is 0.0833. The number of hydrogen-bond donors (Lipinski definition) is 2. The minimum Gasteiger partial charge on any atom is -0.480 e. The van der Waals surface area contributed by atoms with Crippen LogP contribution in [0.3, 0.4) is 0 Å². The van der Waals surface area contributed by atoms with E-state index in [2.05, 4.69) is 5.32 Å². The molecule has 0 bridgehead atoms. The predicted molar refractivity (Wildman–Crippen MR) is 59.2 cm³/mol. The fraction of sp³-hybridized carbons (Fsp3) is 0.833. The number of rotatable bonds is 3. The van der Waals surface area contributed by atoms with Gasteiger partial charge in [-0.15, -0.1) is 0 Å². The molecule has 0 unspecified atom stereocenters. The molecule has 2 N–H and O–H groups in total. The molecule has 0 aliphatic heterocycles.